The summed E-state index contributed by atoms with van der Waals surface area (Å²) in [7, 11) is 11.2. The van der Waals surface area contributed by atoms with Crippen LogP contribution < -0.4 is 5.73 Å². The lowest BCUT2D eigenvalue weighted by atomic mass is 10.0. The lowest BCUT2D eigenvalue weighted by Crippen LogP contribution is -1.89. The second-order valence-corrected chi connectivity index (χ2v) is 19.1. The molecule has 0 heterocycles. The Balaban J connectivity index is 0.000000252. The van der Waals surface area contributed by atoms with Gasteiger partial charge in [0.05, 0.1) is 0 Å². The van der Waals surface area contributed by atoms with Crippen LogP contribution in [0.4, 0.5) is 5.69 Å². The Morgan fingerprint density at radius 2 is 1.09 bits per heavy atom. The molecular formula is C39H53NS6. The highest BCUT2D eigenvalue weighted by Crippen LogP contribution is 2.42. The summed E-state index contributed by atoms with van der Waals surface area (Å²) in [6, 6.07) is 34.1. The van der Waals surface area contributed by atoms with Gasteiger partial charge in [-0.1, -0.05) is 173 Å². The Labute approximate surface area is 304 Å². The van der Waals surface area contributed by atoms with Crippen LogP contribution in [0.2, 0.25) is 0 Å². The molecule has 0 radical (unpaired) electrons. The third-order valence-electron chi connectivity index (χ3n) is 6.63. The van der Waals surface area contributed by atoms with E-state index in [0.717, 1.165) is 16.5 Å². The summed E-state index contributed by atoms with van der Waals surface area (Å²) in [4.78, 5) is 5.06. The van der Waals surface area contributed by atoms with E-state index < -0.39 is 0 Å². The smallest absolute Gasteiger partial charge is 0.0461 e. The van der Waals surface area contributed by atoms with Gasteiger partial charge in [0.2, 0.25) is 0 Å². The zero-order valence-corrected chi connectivity index (χ0v) is 33.7. The van der Waals surface area contributed by atoms with Crippen LogP contribution in [0.15, 0.2) is 117 Å². The molecule has 0 unspecified atom stereocenters. The molecule has 1 nitrogen and oxygen atoms in total. The van der Waals surface area contributed by atoms with E-state index in [0.29, 0.717) is 11.8 Å². The van der Waals surface area contributed by atoms with Gasteiger partial charge in [0.25, 0.3) is 0 Å². The lowest BCUT2D eigenvalue weighted by molar-refractivity contribution is 0.633. The third kappa shape index (κ3) is 17.3. The van der Waals surface area contributed by atoms with Crippen molar-refractivity contribution >= 4 is 70.5 Å². The van der Waals surface area contributed by atoms with Crippen molar-refractivity contribution in [2.24, 2.45) is 5.92 Å². The molecule has 0 amide bonds. The summed E-state index contributed by atoms with van der Waals surface area (Å²) in [5.41, 5.74) is 10.9. The third-order valence-corrected chi connectivity index (χ3v) is 14.2. The highest BCUT2D eigenvalue weighted by Gasteiger charge is 2.08. The van der Waals surface area contributed by atoms with Crippen LogP contribution in [-0.2, 0) is 0 Å². The van der Waals surface area contributed by atoms with Gasteiger partial charge in [-0.05, 0) is 91.1 Å². The molecule has 0 aliphatic heterocycles. The molecule has 0 aromatic heterocycles. The highest BCUT2D eigenvalue weighted by molar-refractivity contribution is 8.77. The molecule has 0 saturated carbocycles. The predicted octanol–water partition coefficient (Wildman–Crippen LogP) is 14.9. The predicted molar refractivity (Wildman–Crippen MR) is 221 cm³/mol. The Morgan fingerprint density at radius 1 is 0.565 bits per heavy atom. The minimum absolute atomic E-state index is 0.544. The number of aryl methyl sites for hydroxylation is 1. The van der Waals surface area contributed by atoms with Crippen molar-refractivity contribution in [3.05, 3.63) is 114 Å². The summed E-state index contributed by atoms with van der Waals surface area (Å²) < 4.78 is 0. The standard InChI is InChI=1S/C16H18S2.C15H17NS2.C8H18S2/c1-12(2)14-6-10-16(11-7-14)18-17-15-8-4-13(3)5-9-15;1-11(2)12-7-3-5-9-14(12)17-18-15-10-6-4-8-13(15)16;1-4-6-9-10-7-5-8(2)3/h4-12H,1-3H3;3-11H,16H2,1-2H3;8H,4-7H2,1-3H3. The number of nitrogen functional groups attached to an aromatic ring is 1. The Morgan fingerprint density at radius 3 is 1.63 bits per heavy atom. The number of hydrogen-bond acceptors (Lipinski definition) is 7. The maximum Gasteiger partial charge on any atom is 0.0461 e. The number of hydrogen-bond donors (Lipinski definition) is 1. The number of rotatable bonds is 14. The van der Waals surface area contributed by atoms with Crippen molar-refractivity contribution in [1.29, 1.82) is 0 Å². The average molecular weight is 728 g/mol. The van der Waals surface area contributed by atoms with Gasteiger partial charge in [0, 0.05) is 36.8 Å². The van der Waals surface area contributed by atoms with E-state index in [1.807, 2.05) is 61.4 Å². The minimum atomic E-state index is 0.544. The van der Waals surface area contributed by atoms with Crippen LogP contribution >= 0.6 is 64.8 Å². The number of nitrogens with two attached hydrogens (primary N) is 1. The van der Waals surface area contributed by atoms with Gasteiger partial charge in [0.1, 0.15) is 0 Å². The van der Waals surface area contributed by atoms with Crippen LogP contribution in [0.5, 0.6) is 0 Å². The van der Waals surface area contributed by atoms with E-state index in [2.05, 4.69) is 134 Å². The van der Waals surface area contributed by atoms with Crippen molar-refractivity contribution in [2.75, 3.05) is 17.2 Å². The van der Waals surface area contributed by atoms with Crippen LogP contribution in [0.3, 0.4) is 0 Å². The van der Waals surface area contributed by atoms with Crippen LogP contribution in [-0.4, -0.2) is 11.5 Å². The van der Waals surface area contributed by atoms with E-state index >= 15 is 0 Å². The summed E-state index contributed by atoms with van der Waals surface area (Å²) in [5, 5.41) is 0. The number of benzene rings is 4. The molecule has 0 bridgehead atoms. The maximum absolute atomic E-state index is 5.95. The van der Waals surface area contributed by atoms with Gasteiger partial charge in [-0.25, -0.2) is 0 Å². The summed E-state index contributed by atoms with van der Waals surface area (Å²) in [6.07, 6.45) is 2.67. The first-order chi connectivity index (χ1) is 22.1. The van der Waals surface area contributed by atoms with E-state index in [-0.39, 0.29) is 0 Å². The molecule has 0 atom stereocenters. The molecule has 0 saturated heterocycles. The Kier molecular flexibility index (Phi) is 21.4. The minimum Gasteiger partial charge on any atom is -0.398 e. The summed E-state index contributed by atoms with van der Waals surface area (Å²) >= 11 is 0. The maximum atomic E-state index is 5.95. The first kappa shape index (κ1) is 41.0. The van der Waals surface area contributed by atoms with Gasteiger partial charge in [-0.2, -0.15) is 0 Å². The van der Waals surface area contributed by atoms with Gasteiger partial charge in [-0.3, -0.25) is 0 Å². The molecule has 7 heteroatoms. The molecule has 0 spiro atoms. The van der Waals surface area contributed by atoms with Crippen molar-refractivity contribution < 1.29 is 0 Å². The van der Waals surface area contributed by atoms with Crippen molar-refractivity contribution in [2.45, 2.75) is 99.6 Å². The van der Waals surface area contributed by atoms with Crippen molar-refractivity contribution in [3.63, 3.8) is 0 Å². The van der Waals surface area contributed by atoms with Gasteiger partial charge in [0.15, 0.2) is 0 Å². The van der Waals surface area contributed by atoms with Gasteiger partial charge >= 0.3 is 0 Å². The van der Waals surface area contributed by atoms with Crippen LogP contribution in [0.1, 0.15) is 89.8 Å². The van der Waals surface area contributed by atoms with E-state index in [1.54, 1.807) is 21.6 Å². The van der Waals surface area contributed by atoms with Crippen LogP contribution in [0.25, 0.3) is 0 Å². The fourth-order valence-corrected chi connectivity index (χ4v) is 10.6. The molecular weight excluding hydrogens is 675 g/mol. The van der Waals surface area contributed by atoms with Gasteiger partial charge in [-0.15, -0.1) is 0 Å². The fourth-order valence-electron chi connectivity index (χ4n) is 3.76. The van der Waals surface area contributed by atoms with E-state index in [1.165, 1.54) is 55.7 Å². The lowest BCUT2D eigenvalue weighted by Gasteiger charge is -2.11. The second kappa shape index (κ2) is 24.0. The Hall–Kier alpha value is -1.22. The van der Waals surface area contributed by atoms with Gasteiger partial charge < -0.3 is 5.73 Å². The first-order valence-corrected chi connectivity index (χ1v) is 22.9. The number of anilines is 1. The SMILES string of the molecule is CC(C)c1ccccc1SSc1ccccc1N.CCCSSCCC(C)C.Cc1ccc(SSc2ccc(C(C)C)cc2)cc1. The molecule has 2 N–H and O–H groups in total. The zero-order valence-electron chi connectivity index (χ0n) is 28.8. The van der Waals surface area contributed by atoms with E-state index in [9.17, 15) is 0 Å². The molecule has 0 aliphatic rings. The molecule has 4 rings (SSSR count). The topological polar surface area (TPSA) is 26.0 Å². The molecule has 0 aliphatic carbocycles. The summed E-state index contributed by atoms with van der Waals surface area (Å²) in [6.45, 7) is 17.8. The zero-order chi connectivity index (χ0) is 33.7. The highest BCUT2D eigenvalue weighted by atomic mass is 33.1. The van der Waals surface area contributed by atoms with Crippen molar-refractivity contribution in [3.8, 4) is 0 Å². The fraction of sp³-hybridized carbons (Fsp3) is 0.385. The molecule has 4 aromatic carbocycles. The second-order valence-electron chi connectivity index (χ2n) is 11.9. The molecule has 0 fully saturated rings. The number of para-hydroxylation sites is 1. The normalized spacial score (nSPS) is 10.8. The van der Waals surface area contributed by atoms with Crippen LogP contribution in [0, 0.1) is 12.8 Å². The first-order valence-electron chi connectivity index (χ1n) is 16.1. The summed E-state index contributed by atoms with van der Waals surface area (Å²) in [5.74, 6) is 4.65. The largest absolute Gasteiger partial charge is 0.398 e. The monoisotopic (exact) mass is 727 g/mol. The molecule has 250 valence electrons. The van der Waals surface area contributed by atoms with Crippen molar-refractivity contribution in [1.82, 2.24) is 0 Å². The molecule has 46 heavy (non-hydrogen) atoms. The molecule has 4 aromatic rings. The quantitative estimate of drug-likeness (QED) is 0.0785. The Bertz CT molecular complexity index is 1350. The van der Waals surface area contributed by atoms with E-state index in [4.69, 9.17) is 5.73 Å². The average Bonchev–Trinajstić information content (AvgIpc) is 3.05.